The van der Waals surface area contributed by atoms with Crippen LogP contribution in [0.2, 0.25) is 0 Å². The molecular weight excluding hydrogens is 1030 g/mol. The summed E-state index contributed by atoms with van der Waals surface area (Å²) < 4.78 is 236. The summed E-state index contributed by atoms with van der Waals surface area (Å²) >= 11 is 0. The number of ether oxygens (including phenoxy) is 1. The normalized spacial score (nSPS) is 17.1. The van der Waals surface area contributed by atoms with E-state index in [2.05, 4.69) is 24.3 Å². The maximum atomic E-state index is 11.2. The van der Waals surface area contributed by atoms with E-state index in [0.717, 1.165) is 37.0 Å². The average Bonchev–Trinajstić information content (AvgIpc) is 1.61. The van der Waals surface area contributed by atoms with Gasteiger partial charge in [0.25, 0.3) is 0 Å². The molecule has 0 bridgehead atoms. The van der Waals surface area contributed by atoms with E-state index >= 15 is 0 Å². The Hall–Kier alpha value is -10.7. The predicted molar refractivity (Wildman–Crippen MR) is 340 cm³/mol. The van der Waals surface area contributed by atoms with Gasteiger partial charge in [-0.2, -0.15) is 9.97 Å². The van der Waals surface area contributed by atoms with Crippen molar-refractivity contribution < 1.29 is 37.6 Å². The highest BCUT2D eigenvalue weighted by molar-refractivity contribution is 7.20. The zero-order valence-electron chi connectivity index (χ0n) is 67.1. The van der Waals surface area contributed by atoms with Crippen LogP contribution in [0.1, 0.15) is 55.2 Å². The standard InChI is InChI=1S/C76H49N5OSi/c1-3-25-51(26-4-1)83(52-27-5-2-6-28-52,54-46-47-72-65(49-54)76(64-39-16-22-45-71(64)82-72)62-37-14-7-30-55(62)56-31-8-15-38-63(56)76)53-29-23-24-50(48-53)73-77-74(79-75(78-73)81-68-42-19-11-34-59(68)60-35-12-20-43-69(60)81)61-36-13-21-44-70(61)80-66-40-17-9-32-57(66)58-33-10-18-41-67(58)80/h1-49H/i9D,10D,11D,12D,13D,17D,18D,19D,20D,21D,23D,24D,29D,32D,33D,34D,35D,36D,40D,41D,42D,43D,44D,48D. The van der Waals surface area contributed by atoms with Crippen molar-refractivity contribution >= 4 is 72.4 Å². The first-order valence-electron chi connectivity index (χ1n) is 38.4. The second-order valence-corrected chi connectivity index (χ2v) is 23.7. The lowest BCUT2D eigenvalue weighted by atomic mass is 9.66. The molecule has 2 aliphatic rings. The summed E-state index contributed by atoms with van der Waals surface area (Å²) in [7, 11) is -4.55. The van der Waals surface area contributed by atoms with Gasteiger partial charge in [0, 0.05) is 43.8 Å². The Kier molecular flexibility index (Phi) is 6.46. The van der Waals surface area contributed by atoms with Crippen LogP contribution in [-0.2, 0) is 5.41 Å². The summed E-state index contributed by atoms with van der Waals surface area (Å²) in [5.41, 5.74) is -0.431. The molecule has 4 heterocycles. The summed E-state index contributed by atoms with van der Waals surface area (Å²) in [6.45, 7) is 0. The molecule has 0 amide bonds. The van der Waals surface area contributed by atoms with Crippen molar-refractivity contribution in [3.63, 3.8) is 0 Å². The van der Waals surface area contributed by atoms with Crippen LogP contribution >= 0.6 is 0 Å². The highest BCUT2D eigenvalue weighted by atomic mass is 28.3. The van der Waals surface area contributed by atoms with Gasteiger partial charge < -0.3 is 9.30 Å². The molecule has 7 heteroatoms. The third kappa shape index (κ3) is 6.80. The molecule has 0 saturated carbocycles. The van der Waals surface area contributed by atoms with Crippen molar-refractivity contribution in [3.05, 3.63) is 319 Å². The summed E-state index contributed by atoms with van der Waals surface area (Å²) in [6.07, 6.45) is 0. The van der Waals surface area contributed by atoms with E-state index < -0.39 is 237 Å². The number of para-hydroxylation sites is 6. The van der Waals surface area contributed by atoms with Crippen LogP contribution in [0, 0.1) is 0 Å². The summed E-state index contributed by atoms with van der Waals surface area (Å²) in [5, 5.41) is -0.399. The van der Waals surface area contributed by atoms with Gasteiger partial charge in [-0.05, 0) is 91.4 Å². The van der Waals surface area contributed by atoms with Gasteiger partial charge in [0.05, 0.1) is 66.1 Å². The molecule has 0 radical (unpaired) electrons. The van der Waals surface area contributed by atoms with E-state index in [1.807, 2.05) is 91.0 Å². The number of hydrogen-bond acceptors (Lipinski definition) is 4. The van der Waals surface area contributed by atoms with E-state index in [4.69, 9.17) is 30.7 Å². The van der Waals surface area contributed by atoms with E-state index in [1.54, 1.807) is 36.4 Å². The molecule has 17 rings (SSSR count). The lowest BCUT2D eigenvalue weighted by molar-refractivity contribution is 0.436. The third-order valence-corrected chi connectivity index (χ3v) is 20.5. The van der Waals surface area contributed by atoms with Crippen molar-refractivity contribution in [3.8, 4) is 57.0 Å². The molecule has 0 atom stereocenters. The molecule has 0 fully saturated rings. The van der Waals surface area contributed by atoms with Gasteiger partial charge in [0.15, 0.2) is 19.7 Å². The average molecular weight is 1100 g/mol. The molecule has 12 aromatic carbocycles. The Balaban J connectivity index is 1.06. The van der Waals surface area contributed by atoms with E-state index in [0.29, 0.717) is 32.6 Å². The SMILES string of the molecule is [2H]c1c([2H])c([2H])c(-n2c3c([2H])c([2H])c([2H])c([2H])c3c3c([2H])c([2H])c([2H])c([2H])c32)c(-c2nc(-c3c([2H])c([2H])c([2H])c([Si](c4ccccc4)(c4ccccc4)c4ccc5c(c4)C4(c6ccccc6O5)c5ccccc5-c5ccccc54)c3[2H])nc(-n3c4c([2H])c([2H])c([2H])c([2H])c4c4c([2H])c([2H])c([2H])c([2H])c43)n2)c1[2H]. The molecule has 0 unspecified atom stereocenters. The Morgan fingerprint density at radius 1 is 0.361 bits per heavy atom. The van der Waals surface area contributed by atoms with Crippen LogP contribution < -0.4 is 25.5 Å². The second kappa shape index (κ2) is 18.4. The maximum Gasteiger partial charge on any atom is 0.238 e. The van der Waals surface area contributed by atoms with Gasteiger partial charge in [0.1, 0.15) is 11.5 Å². The molecule has 3 aromatic heterocycles. The molecule has 388 valence electrons. The minimum Gasteiger partial charge on any atom is -0.457 e. The lowest BCUT2D eigenvalue weighted by Crippen LogP contribution is -2.74. The minimum atomic E-state index is -4.55. The molecule has 0 saturated heterocycles. The second-order valence-electron chi connectivity index (χ2n) is 20.0. The largest absolute Gasteiger partial charge is 0.457 e. The molecule has 0 N–H and O–H groups in total. The first-order chi connectivity index (χ1) is 51.1. The van der Waals surface area contributed by atoms with Crippen molar-refractivity contribution in [2.45, 2.75) is 5.41 Å². The quantitative estimate of drug-likeness (QED) is 0.112. The Bertz CT molecular complexity index is 6330. The van der Waals surface area contributed by atoms with Crippen LogP contribution in [0.25, 0.3) is 89.2 Å². The molecule has 83 heavy (non-hydrogen) atoms. The van der Waals surface area contributed by atoms with Crippen molar-refractivity contribution in [1.29, 1.82) is 0 Å². The number of fused-ring (bicyclic) bond motifs is 15. The minimum absolute atomic E-state index is 0.122. The third-order valence-electron chi connectivity index (χ3n) is 15.9. The van der Waals surface area contributed by atoms with Crippen LogP contribution in [0.15, 0.2) is 297 Å². The van der Waals surface area contributed by atoms with Gasteiger partial charge in [-0.1, -0.05) is 248 Å². The Morgan fingerprint density at radius 3 is 1.47 bits per heavy atom. The monoisotopic (exact) mass is 1100 g/mol. The number of hydrogen-bond donors (Lipinski definition) is 0. The van der Waals surface area contributed by atoms with E-state index in [-0.39, 0.29) is 5.19 Å². The summed E-state index contributed by atoms with van der Waals surface area (Å²) in [5.74, 6) is -1.51. The highest BCUT2D eigenvalue weighted by Crippen LogP contribution is 2.62. The molecule has 6 nitrogen and oxygen atoms in total. The van der Waals surface area contributed by atoms with Gasteiger partial charge in [-0.15, -0.1) is 0 Å². The van der Waals surface area contributed by atoms with E-state index in [1.165, 1.54) is 0 Å². The fourth-order valence-corrected chi connectivity index (χ4v) is 17.1. The molecular formula is C76H49N5OSi. The van der Waals surface area contributed by atoms with Crippen LogP contribution in [0.3, 0.4) is 0 Å². The van der Waals surface area contributed by atoms with Gasteiger partial charge in [-0.3, -0.25) is 4.57 Å². The topological polar surface area (TPSA) is 57.8 Å². The summed E-state index contributed by atoms with van der Waals surface area (Å²) in [4.78, 5) is 14.8. The van der Waals surface area contributed by atoms with Crippen LogP contribution in [0.4, 0.5) is 0 Å². The maximum absolute atomic E-state index is 11.2. The number of rotatable bonds is 8. The molecule has 1 aliphatic heterocycles. The van der Waals surface area contributed by atoms with Crippen molar-refractivity contribution in [2.75, 3.05) is 0 Å². The molecule has 1 aliphatic carbocycles. The molecule has 15 aromatic rings. The first-order valence-corrected chi connectivity index (χ1v) is 28.4. The highest BCUT2D eigenvalue weighted by Gasteiger charge is 2.52. The fourth-order valence-electron chi connectivity index (χ4n) is 12.6. The van der Waals surface area contributed by atoms with Gasteiger partial charge in [0.2, 0.25) is 5.95 Å². The Morgan fingerprint density at radius 2 is 0.855 bits per heavy atom. The Labute approximate surface area is 514 Å². The summed E-state index contributed by atoms with van der Waals surface area (Å²) in [6, 6.07) is 27.4. The first kappa shape index (κ1) is 29.1. The molecule has 1 spiro atoms. The smallest absolute Gasteiger partial charge is 0.238 e. The van der Waals surface area contributed by atoms with Crippen molar-refractivity contribution in [1.82, 2.24) is 24.1 Å². The van der Waals surface area contributed by atoms with Crippen molar-refractivity contribution in [2.24, 2.45) is 0 Å². The number of nitrogens with zero attached hydrogens (tertiary/aromatic N) is 5. The van der Waals surface area contributed by atoms with Crippen LogP contribution in [0.5, 0.6) is 11.5 Å². The van der Waals surface area contributed by atoms with Gasteiger partial charge >= 0.3 is 0 Å². The van der Waals surface area contributed by atoms with Gasteiger partial charge in [-0.25, -0.2) is 4.98 Å². The number of benzene rings is 12. The van der Waals surface area contributed by atoms with E-state index in [9.17, 15) is 21.9 Å². The lowest BCUT2D eigenvalue weighted by Gasteiger charge is -2.41. The predicted octanol–water partition coefficient (Wildman–Crippen LogP) is 15.2. The van der Waals surface area contributed by atoms with Crippen LogP contribution in [-0.4, -0.2) is 32.2 Å². The zero-order valence-corrected chi connectivity index (χ0v) is 44.1. The number of aromatic nitrogens is 5. The fraction of sp³-hybridized carbons (Fsp3) is 0.0132. The zero-order chi connectivity index (χ0) is 75.5.